The van der Waals surface area contributed by atoms with Crippen molar-refractivity contribution in [2.45, 2.75) is 27.7 Å². The number of hydrogen-bond donors (Lipinski definition) is 3. The minimum Gasteiger partial charge on any atom is -0.326 e. The minimum absolute atomic E-state index is 0.164. The molecule has 2 aromatic rings. The maximum Gasteiger partial charge on any atom is 0.335 e. The topological polar surface area (TPSA) is 137 Å². The lowest BCUT2D eigenvalue weighted by Gasteiger charge is -2.29. The third-order valence-electron chi connectivity index (χ3n) is 5.03. The molecule has 1 fully saturated rings. The van der Waals surface area contributed by atoms with Gasteiger partial charge in [0.25, 0.3) is 11.8 Å². The Hall–Kier alpha value is -4.34. The van der Waals surface area contributed by atoms with E-state index in [0.29, 0.717) is 16.9 Å². The minimum atomic E-state index is -1.40. The lowest BCUT2D eigenvalue weighted by molar-refractivity contribution is -0.131. The first-order valence-electron chi connectivity index (χ1n) is 10.5. The van der Waals surface area contributed by atoms with Crippen molar-refractivity contribution in [3.05, 3.63) is 59.7 Å². The van der Waals surface area contributed by atoms with Gasteiger partial charge in [0.2, 0.25) is 11.8 Å². The number of nitrogens with zero attached hydrogens (tertiary/aromatic N) is 2. The lowest BCUT2D eigenvalue weighted by atomic mass is 9.95. The van der Waals surface area contributed by atoms with Crippen LogP contribution in [0.2, 0.25) is 0 Å². The van der Waals surface area contributed by atoms with Gasteiger partial charge in [0.1, 0.15) is 0 Å². The van der Waals surface area contributed by atoms with Crippen LogP contribution in [0, 0.1) is 18.3 Å². The summed E-state index contributed by atoms with van der Waals surface area (Å²) in [6, 6.07) is 12.1. The fourth-order valence-corrected chi connectivity index (χ4v) is 3.02. The van der Waals surface area contributed by atoms with Crippen LogP contribution in [0.3, 0.4) is 0 Å². The summed E-state index contributed by atoms with van der Waals surface area (Å²) in [4.78, 5) is 62.6. The number of hydrogen-bond acceptors (Lipinski definition) is 6. The highest BCUT2D eigenvalue weighted by atomic mass is 16.2. The smallest absolute Gasteiger partial charge is 0.326 e. The van der Waals surface area contributed by atoms with Crippen LogP contribution in [-0.2, 0) is 14.4 Å². The molecule has 0 spiro atoms. The highest BCUT2D eigenvalue weighted by Gasteiger charge is 2.41. The van der Waals surface area contributed by atoms with Crippen molar-refractivity contribution in [3.8, 4) is 0 Å². The van der Waals surface area contributed by atoms with Gasteiger partial charge in [0, 0.05) is 22.9 Å². The molecule has 0 aromatic heterocycles. The number of benzene rings is 2. The number of rotatable bonds is 5. The number of aryl methyl sites for hydroxylation is 1. The number of para-hydroxylation sites is 1. The number of urea groups is 1. The van der Waals surface area contributed by atoms with Crippen LogP contribution in [0.15, 0.2) is 53.6 Å². The zero-order valence-electron chi connectivity index (χ0n) is 19.2. The van der Waals surface area contributed by atoms with Crippen molar-refractivity contribution in [1.29, 1.82) is 0 Å². The maximum atomic E-state index is 12.8. The molecule has 0 aliphatic carbocycles. The first-order valence-corrected chi connectivity index (χ1v) is 10.5. The van der Waals surface area contributed by atoms with Gasteiger partial charge < -0.3 is 5.32 Å². The Kier molecular flexibility index (Phi) is 6.90. The van der Waals surface area contributed by atoms with E-state index in [-0.39, 0.29) is 11.5 Å². The molecule has 176 valence electrons. The predicted octanol–water partition coefficient (Wildman–Crippen LogP) is 2.59. The molecule has 6 amide bonds. The van der Waals surface area contributed by atoms with E-state index < -0.39 is 35.1 Å². The predicted molar refractivity (Wildman–Crippen MR) is 126 cm³/mol. The van der Waals surface area contributed by atoms with E-state index in [0.717, 1.165) is 11.1 Å². The van der Waals surface area contributed by atoms with Crippen molar-refractivity contribution in [2.75, 3.05) is 10.2 Å². The van der Waals surface area contributed by atoms with Crippen LogP contribution in [0.25, 0.3) is 0 Å². The molecule has 2 aromatic carbocycles. The van der Waals surface area contributed by atoms with Gasteiger partial charge in [-0.3, -0.25) is 24.5 Å². The van der Waals surface area contributed by atoms with Gasteiger partial charge in [-0.2, -0.15) is 5.10 Å². The van der Waals surface area contributed by atoms with Gasteiger partial charge in [-0.15, -0.1) is 0 Å². The third kappa shape index (κ3) is 5.34. The standard InChI is InChI=1S/C24H25N5O5/c1-14-7-5-6-8-18(14)29-21(32)17(20(31)27-23(29)34)13-25-28-19(30)15-9-11-16(12-10-15)26-22(33)24(2,3)4/h5-13,17H,1-4H3,(H,26,33)(H,28,30)(H,27,31,34). The monoisotopic (exact) mass is 463 g/mol. The molecule has 1 saturated heterocycles. The summed E-state index contributed by atoms with van der Waals surface area (Å²) in [7, 11) is 0. The molecule has 1 heterocycles. The Balaban J connectivity index is 1.67. The number of imide groups is 2. The molecule has 10 heteroatoms. The van der Waals surface area contributed by atoms with E-state index in [1.54, 1.807) is 64.1 Å². The molecule has 0 radical (unpaired) electrons. The van der Waals surface area contributed by atoms with Crippen molar-refractivity contribution in [2.24, 2.45) is 16.4 Å². The molecular weight excluding hydrogens is 438 g/mol. The van der Waals surface area contributed by atoms with Crippen LogP contribution in [-0.4, -0.2) is 35.9 Å². The highest BCUT2D eigenvalue weighted by Crippen LogP contribution is 2.23. The van der Waals surface area contributed by atoms with Crippen molar-refractivity contribution < 1.29 is 24.0 Å². The SMILES string of the molecule is Cc1ccccc1N1C(=O)NC(=O)C(C=NNC(=O)c2ccc(NC(=O)C(C)(C)C)cc2)C1=O. The summed E-state index contributed by atoms with van der Waals surface area (Å²) in [5.41, 5.74) is 3.50. The Morgan fingerprint density at radius 1 is 1.03 bits per heavy atom. The Morgan fingerprint density at radius 3 is 2.29 bits per heavy atom. The average molecular weight is 463 g/mol. The lowest BCUT2D eigenvalue weighted by Crippen LogP contribution is -2.59. The van der Waals surface area contributed by atoms with Crippen LogP contribution < -0.4 is 21.0 Å². The number of anilines is 2. The Labute approximate surface area is 196 Å². The maximum absolute atomic E-state index is 12.8. The van der Waals surface area contributed by atoms with E-state index in [4.69, 9.17) is 0 Å². The number of carbonyl (C=O) groups is 5. The Morgan fingerprint density at radius 2 is 1.68 bits per heavy atom. The number of amides is 6. The van der Waals surface area contributed by atoms with Crippen LogP contribution in [0.1, 0.15) is 36.7 Å². The van der Waals surface area contributed by atoms with Gasteiger partial charge in [0.15, 0.2) is 5.92 Å². The third-order valence-corrected chi connectivity index (χ3v) is 5.03. The van der Waals surface area contributed by atoms with Crippen molar-refractivity contribution in [3.63, 3.8) is 0 Å². The highest BCUT2D eigenvalue weighted by molar-refractivity contribution is 6.32. The number of carbonyl (C=O) groups excluding carboxylic acids is 5. The van der Waals surface area contributed by atoms with E-state index in [9.17, 15) is 24.0 Å². The fourth-order valence-electron chi connectivity index (χ4n) is 3.02. The molecule has 0 bridgehead atoms. The van der Waals surface area contributed by atoms with Gasteiger partial charge in [-0.1, -0.05) is 39.0 Å². The molecule has 1 aliphatic rings. The van der Waals surface area contributed by atoms with E-state index in [2.05, 4.69) is 21.2 Å². The Bertz CT molecular complexity index is 1180. The second-order valence-corrected chi connectivity index (χ2v) is 8.73. The van der Waals surface area contributed by atoms with Crippen molar-refractivity contribution >= 4 is 47.2 Å². The van der Waals surface area contributed by atoms with E-state index in [1.807, 2.05) is 0 Å². The second-order valence-electron chi connectivity index (χ2n) is 8.73. The zero-order chi connectivity index (χ0) is 25.0. The normalized spacial score (nSPS) is 16.4. The van der Waals surface area contributed by atoms with Crippen LogP contribution >= 0.6 is 0 Å². The molecule has 1 unspecified atom stereocenters. The molecule has 3 rings (SSSR count). The number of nitrogens with one attached hydrogen (secondary N) is 3. The first kappa shape index (κ1) is 24.3. The summed E-state index contributed by atoms with van der Waals surface area (Å²) in [6.45, 7) is 7.09. The average Bonchev–Trinajstić information content (AvgIpc) is 2.77. The molecule has 34 heavy (non-hydrogen) atoms. The molecular formula is C24H25N5O5. The zero-order valence-corrected chi connectivity index (χ0v) is 19.2. The molecule has 1 aliphatic heterocycles. The summed E-state index contributed by atoms with van der Waals surface area (Å²) < 4.78 is 0. The summed E-state index contributed by atoms with van der Waals surface area (Å²) in [5.74, 6) is -3.76. The second kappa shape index (κ2) is 9.65. The molecule has 3 N–H and O–H groups in total. The fraction of sp³-hybridized carbons (Fsp3) is 0.250. The van der Waals surface area contributed by atoms with Crippen LogP contribution in [0.4, 0.5) is 16.2 Å². The van der Waals surface area contributed by atoms with Gasteiger partial charge in [-0.05, 0) is 42.8 Å². The molecule has 10 nitrogen and oxygen atoms in total. The van der Waals surface area contributed by atoms with Gasteiger partial charge >= 0.3 is 6.03 Å². The summed E-state index contributed by atoms with van der Waals surface area (Å²) >= 11 is 0. The van der Waals surface area contributed by atoms with Crippen LogP contribution in [0.5, 0.6) is 0 Å². The van der Waals surface area contributed by atoms with Crippen molar-refractivity contribution in [1.82, 2.24) is 10.7 Å². The summed E-state index contributed by atoms with van der Waals surface area (Å²) in [5, 5.41) is 8.62. The molecule has 1 atom stereocenters. The number of barbiturate groups is 1. The largest absolute Gasteiger partial charge is 0.335 e. The molecule has 0 saturated carbocycles. The summed E-state index contributed by atoms with van der Waals surface area (Å²) in [6.07, 6.45) is 0.977. The van der Waals surface area contributed by atoms with Gasteiger partial charge in [0.05, 0.1) is 5.69 Å². The van der Waals surface area contributed by atoms with Gasteiger partial charge in [-0.25, -0.2) is 15.1 Å². The van der Waals surface area contributed by atoms with E-state index in [1.165, 1.54) is 12.1 Å². The number of hydrazone groups is 1. The quantitative estimate of drug-likeness (QED) is 0.356. The first-order chi connectivity index (χ1) is 16.0. The van der Waals surface area contributed by atoms with E-state index >= 15 is 0 Å².